The molecule has 2 nitrogen and oxygen atoms in total. The van der Waals surface area contributed by atoms with E-state index in [1.165, 1.54) is 11.1 Å². The van der Waals surface area contributed by atoms with Crippen molar-refractivity contribution in [2.24, 2.45) is 0 Å². The zero-order chi connectivity index (χ0) is 18.5. The number of benzene rings is 3. The van der Waals surface area contributed by atoms with Gasteiger partial charge in [0.25, 0.3) is 0 Å². The lowest BCUT2D eigenvalue weighted by molar-refractivity contribution is -0.126. The molecule has 0 radical (unpaired) electrons. The summed E-state index contributed by atoms with van der Waals surface area (Å²) in [6.45, 7) is 1.40. The van der Waals surface area contributed by atoms with E-state index in [9.17, 15) is 4.79 Å². The van der Waals surface area contributed by atoms with Crippen molar-refractivity contribution in [3.63, 3.8) is 0 Å². The normalized spacial score (nSPS) is 17.3. The van der Waals surface area contributed by atoms with E-state index < -0.39 is 0 Å². The van der Waals surface area contributed by atoms with Crippen LogP contribution in [0.15, 0.2) is 97.1 Å². The minimum absolute atomic E-state index is 0.0936. The van der Waals surface area contributed by atoms with Crippen LogP contribution in [0.3, 0.4) is 0 Å². The first kappa shape index (κ1) is 17.3. The van der Waals surface area contributed by atoms with Crippen LogP contribution in [0.1, 0.15) is 29.0 Å². The Labute approximate surface area is 160 Å². The van der Waals surface area contributed by atoms with E-state index in [1.807, 2.05) is 53.4 Å². The first-order chi connectivity index (χ1) is 13.3. The predicted molar refractivity (Wildman–Crippen MR) is 110 cm³/mol. The summed E-state index contributed by atoms with van der Waals surface area (Å²) in [5.74, 6) is 0.314. The Morgan fingerprint density at radius 1 is 0.778 bits per heavy atom. The van der Waals surface area contributed by atoms with Crippen molar-refractivity contribution >= 4 is 11.5 Å². The SMILES string of the molecule is O=C1C=C(c2ccccc2)C(c2ccccc2)CCN1Cc1ccccc1. The van der Waals surface area contributed by atoms with Gasteiger partial charge in [0.1, 0.15) is 0 Å². The van der Waals surface area contributed by atoms with Crippen LogP contribution < -0.4 is 0 Å². The Bertz CT molecular complexity index is 916. The maximum absolute atomic E-state index is 13.0. The second-order valence-corrected chi connectivity index (χ2v) is 6.96. The molecule has 1 amide bonds. The zero-order valence-electron chi connectivity index (χ0n) is 15.3. The third-order valence-electron chi connectivity index (χ3n) is 5.18. The fraction of sp³-hybridized carbons (Fsp3) is 0.160. The molecule has 0 N–H and O–H groups in total. The molecule has 0 saturated carbocycles. The lowest BCUT2D eigenvalue weighted by Gasteiger charge is -2.22. The first-order valence-electron chi connectivity index (χ1n) is 9.46. The van der Waals surface area contributed by atoms with Gasteiger partial charge < -0.3 is 4.90 Å². The van der Waals surface area contributed by atoms with E-state index in [4.69, 9.17) is 0 Å². The number of carbonyl (C=O) groups is 1. The summed E-state index contributed by atoms with van der Waals surface area (Å²) < 4.78 is 0. The molecule has 1 aliphatic heterocycles. The maximum Gasteiger partial charge on any atom is 0.247 e. The predicted octanol–water partition coefficient (Wildman–Crippen LogP) is 5.29. The summed E-state index contributed by atoms with van der Waals surface area (Å²) in [5, 5.41) is 0. The van der Waals surface area contributed by atoms with E-state index >= 15 is 0 Å². The van der Waals surface area contributed by atoms with Crippen LogP contribution >= 0.6 is 0 Å². The molecule has 27 heavy (non-hydrogen) atoms. The Balaban J connectivity index is 1.69. The van der Waals surface area contributed by atoms with Crippen molar-refractivity contribution < 1.29 is 4.79 Å². The lowest BCUT2D eigenvalue weighted by Crippen LogP contribution is -2.29. The van der Waals surface area contributed by atoms with Crippen LogP contribution in [0.5, 0.6) is 0 Å². The van der Waals surface area contributed by atoms with Gasteiger partial charge in [-0.2, -0.15) is 0 Å². The summed E-state index contributed by atoms with van der Waals surface area (Å²) in [4.78, 5) is 15.0. The average Bonchev–Trinajstić information content (AvgIpc) is 2.89. The van der Waals surface area contributed by atoms with Crippen molar-refractivity contribution in [1.29, 1.82) is 0 Å². The van der Waals surface area contributed by atoms with E-state index in [2.05, 4.69) is 48.5 Å². The molecule has 0 bridgehead atoms. The van der Waals surface area contributed by atoms with Gasteiger partial charge in [-0.15, -0.1) is 0 Å². The summed E-state index contributed by atoms with van der Waals surface area (Å²) >= 11 is 0. The highest BCUT2D eigenvalue weighted by Crippen LogP contribution is 2.37. The molecule has 0 saturated heterocycles. The van der Waals surface area contributed by atoms with Crippen molar-refractivity contribution in [2.75, 3.05) is 6.54 Å². The summed E-state index contributed by atoms with van der Waals surface area (Å²) in [6.07, 6.45) is 2.77. The van der Waals surface area contributed by atoms with E-state index in [0.29, 0.717) is 6.54 Å². The van der Waals surface area contributed by atoms with Gasteiger partial charge in [0.05, 0.1) is 0 Å². The Morgan fingerprint density at radius 3 is 2.04 bits per heavy atom. The Morgan fingerprint density at radius 2 is 1.37 bits per heavy atom. The van der Waals surface area contributed by atoms with Gasteiger partial charge in [-0.25, -0.2) is 0 Å². The second kappa shape index (κ2) is 8.05. The second-order valence-electron chi connectivity index (χ2n) is 6.96. The lowest BCUT2D eigenvalue weighted by atomic mass is 9.84. The number of hydrogen-bond donors (Lipinski definition) is 0. The number of nitrogens with zero attached hydrogens (tertiary/aromatic N) is 1. The molecule has 0 aliphatic carbocycles. The molecule has 1 aliphatic rings. The molecule has 134 valence electrons. The van der Waals surface area contributed by atoms with E-state index in [0.717, 1.165) is 24.1 Å². The summed E-state index contributed by atoms with van der Waals surface area (Å²) in [5.41, 5.74) is 4.67. The first-order valence-corrected chi connectivity index (χ1v) is 9.46. The van der Waals surface area contributed by atoms with Gasteiger partial charge in [-0.1, -0.05) is 91.0 Å². The number of carbonyl (C=O) groups excluding carboxylic acids is 1. The van der Waals surface area contributed by atoms with Crippen LogP contribution in [0, 0.1) is 0 Å². The Hall–Kier alpha value is -3.13. The van der Waals surface area contributed by atoms with E-state index in [-0.39, 0.29) is 11.8 Å². The van der Waals surface area contributed by atoms with Crippen LogP contribution in [0.2, 0.25) is 0 Å². The number of amides is 1. The Kier molecular flexibility index (Phi) is 5.15. The molecule has 0 spiro atoms. The number of hydrogen-bond acceptors (Lipinski definition) is 1. The molecule has 4 rings (SSSR count). The molecule has 3 aromatic carbocycles. The smallest absolute Gasteiger partial charge is 0.247 e. The third kappa shape index (κ3) is 4.01. The fourth-order valence-corrected chi connectivity index (χ4v) is 3.78. The van der Waals surface area contributed by atoms with Gasteiger partial charge >= 0.3 is 0 Å². The maximum atomic E-state index is 13.0. The standard InChI is InChI=1S/C25H23NO/c27-25-18-24(22-14-8-3-9-15-22)23(21-12-6-2-7-13-21)16-17-26(25)19-20-10-4-1-5-11-20/h1-15,18,23H,16-17,19H2. The van der Waals surface area contributed by atoms with Crippen molar-refractivity contribution in [1.82, 2.24) is 4.90 Å². The molecule has 0 fully saturated rings. The molecule has 1 atom stereocenters. The molecule has 2 heteroatoms. The average molecular weight is 353 g/mol. The molecule has 3 aromatic rings. The van der Waals surface area contributed by atoms with Crippen LogP contribution in [0.25, 0.3) is 5.57 Å². The van der Waals surface area contributed by atoms with Crippen molar-refractivity contribution in [2.45, 2.75) is 18.9 Å². The van der Waals surface area contributed by atoms with Crippen molar-refractivity contribution in [3.05, 3.63) is 114 Å². The minimum Gasteiger partial charge on any atom is -0.335 e. The van der Waals surface area contributed by atoms with Crippen molar-refractivity contribution in [3.8, 4) is 0 Å². The molecule has 0 aromatic heterocycles. The van der Waals surface area contributed by atoms with Gasteiger partial charge in [0, 0.05) is 25.1 Å². The van der Waals surface area contributed by atoms with Crippen LogP contribution in [0.4, 0.5) is 0 Å². The molecule has 1 heterocycles. The van der Waals surface area contributed by atoms with Gasteiger partial charge in [-0.05, 0) is 28.7 Å². The zero-order valence-corrected chi connectivity index (χ0v) is 15.3. The minimum atomic E-state index is 0.0936. The highest BCUT2D eigenvalue weighted by atomic mass is 16.2. The van der Waals surface area contributed by atoms with Gasteiger partial charge in [-0.3, -0.25) is 4.79 Å². The van der Waals surface area contributed by atoms with Crippen LogP contribution in [-0.4, -0.2) is 17.4 Å². The quantitative estimate of drug-likeness (QED) is 0.624. The largest absolute Gasteiger partial charge is 0.335 e. The highest BCUT2D eigenvalue weighted by Gasteiger charge is 2.26. The van der Waals surface area contributed by atoms with Crippen LogP contribution in [-0.2, 0) is 11.3 Å². The fourth-order valence-electron chi connectivity index (χ4n) is 3.78. The number of allylic oxidation sites excluding steroid dienone is 1. The molecule has 1 unspecified atom stereocenters. The number of rotatable bonds is 4. The highest BCUT2D eigenvalue weighted by molar-refractivity contribution is 5.97. The molecular weight excluding hydrogens is 330 g/mol. The molecular formula is C25H23NO. The van der Waals surface area contributed by atoms with Gasteiger partial charge in [0.2, 0.25) is 5.91 Å². The third-order valence-corrected chi connectivity index (χ3v) is 5.18. The summed E-state index contributed by atoms with van der Waals surface area (Å²) in [7, 11) is 0. The van der Waals surface area contributed by atoms with Gasteiger partial charge in [0.15, 0.2) is 0 Å². The summed E-state index contributed by atoms with van der Waals surface area (Å²) in [6, 6.07) is 31.0. The topological polar surface area (TPSA) is 20.3 Å². The monoisotopic (exact) mass is 353 g/mol. The van der Waals surface area contributed by atoms with E-state index in [1.54, 1.807) is 0 Å².